The molecule has 0 heterocycles. The number of carbonyl (C=O) groups is 7. The molecular formula is C27H37N5O9. The first kappa shape index (κ1) is 34.4. The maximum absolute atomic E-state index is 13.0. The quantitative estimate of drug-likeness (QED) is 0.121. The molecule has 1 aromatic rings. The van der Waals surface area contributed by atoms with Crippen molar-refractivity contribution in [3.05, 3.63) is 42.0 Å². The van der Waals surface area contributed by atoms with Crippen LogP contribution in [0.4, 0.5) is 5.69 Å². The highest BCUT2D eigenvalue weighted by Gasteiger charge is 2.29. The Bertz CT molecular complexity index is 1120. The van der Waals surface area contributed by atoms with Crippen molar-refractivity contribution in [3.63, 3.8) is 0 Å². The van der Waals surface area contributed by atoms with Crippen LogP contribution in [0.2, 0.25) is 0 Å². The van der Waals surface area contributed by atoms with E-state index in [1.807, 2.05) is 0 Å². The molecular weight excluding hydrogens is 538 g/mol. The molecule has 0 radical (unpaired) electrons. The largest absolute Gasteiger partial charge is 0.481 e. The van der Waals surface area contributed by atoms with E-state index >= 15 is 0 Å². The van der Waals surface area contributed by atoms with E-state index in [9.17, 15) is 33.6 Å². The van der Waals surface area contributed by atoms with E-state index in [-0.39, 0.29) is 13.0 Å². The number of hydrogen-bond acceptors (Lipinski definition) is 8. The van der Waals surface area contributed by atoms with Crippen LogP contribution in [0, 0.1) is 5.92 Å². The first-order valence-electron chi connectivity index (χ1n) is 12.7. The van der Waals surface area contributed by atoms with Gasteiger partial charge in [0.2, 0.25) is 29.5 Å². The van der Waals surface area contributed by atoms with Gasteiger partial charge in [-0.25, -0.2) is 0 Å². The smallest absolute Gasteiger partial charge is 0.303 e. The summed E-state index contributed by atoms with van der Waals surface area (Å²) in [5, 5.41) is 19.1. The maximum Gasteiger partial charge on any atom is 0.303 e. The molecule has 0 aliphatic rings. The van der Waals surface area contributed by atoms with Crippen LogP contribution in [0.15, 0.2) is 36.4 Å². The predicted molar refractivity (Wildman–Crippen MR) is 147 cm³/mol. The monoisotopic (exact) mass is 575 g/mol. The lowest BCUT2D eigenvalue weighted by molar-refractivity contribution is -0.138. The zero-order chi connectivity index (χ0) is 30.9. The molecule has 5 amide bonds. The zero-order valence-electron chi connectivity index (χ0n) is 23.5. The lowest BCUT2D eigenvalue weighted by Crippen LogP contribution is -2.56. The van der Waals surface area contributed by atoms with Crippen molar-refractivity contribution >= 4 is 47.5 Å². The molecule has 0 fully saturated rings. The fourth-order valence-corrected chi connectivity index (χ4v) is 3.44. The van der Waals surface area contributed by atoms with Crippen LogP contribution in [0.5, 0.6) is 0 Å². The van der Waals surface area contributed by atoms with Crippen LogP contribution < -0.4 is 21.3 Å². The summed E-state index contributed by atoms with van der Waals surface area (Å²) in [6.07, 6.45) is 1.57. The number of carbonyl (C=O) groups excluding carboxylic acids is 6. The van der Waals surface area contributed by atoms with E-state index in [2.05, 4.69) is 21.3 Å². The first-order valence-corrected chi connectivity index (χ1v) is 12.7. The summed E-state index contributed by atoms with van der Waals surface area (Å²) < 4.78 is 5.04. The number of amides is 5. The van der Waals surface area contributed by atoms with E-state index in [1.165, 1.54) is 7.05 Å². The topological polar surface area (TPSA) is 200 Å². The number of allylic oxidation sites excluding steroid dienone is 1. The Morgan fingerprint density at radius 3 is 2.22 bits per heavy atom. The van der Waals surface area contributed by atoms with Crippen molar-refractivity contribution < 1.29 is 43.4 Å². The SMILES string of the molecule is COCc1ccc(NC(=O)CNC(=O)C(NC(=O)C(CCC(=O)O)NC(=O)CN(C)C(=O)/C=C\C=O)C(C)C)cc1. The second-order valence-electron chi connectivity index (χ2n) is 9.37. The third kappa shape index (κ3) is 13.4. The fourth-order valence-electron chi connectivity index (χ4n) is 3.44. The van der Waals surface area contributed by atoms with Crippen LogP contribution >= 0.6 is 0 Å². The summed E-state index contributed by atoms with van der Waals surface area (Å²) >= 11 is 0. The molecule has 1 aromatic carbocycles. The van der Waals surface area contributed by atoms with Gasteiger partial charge in [-0.15, -0.1) is 0 Å². The van der Waals surface area contributed by atoms with Gasteiger partial charge in [0.15, 0.2) is 0 Å². The molecule has 14 heteroatoms. The van der Waals surface area contributed by atoms with Gasteiger partial charge in [-0.05, 0) is 36.1 Å². The number of ether oxygens (including phenoxy) is 1. The van der Waals surface area contributed by atoms with Gasteiger partial charge >= 0.3 is 5.97 Å². The Balaban J connectivity index is 2.80. The summed E-state index contributed by atoms with van der Waals surface area (Å²) in [5.41, 5.74) is 1.43. The third-order valence-electron chi connectivity index (χ3n) is 5.59. The standard InChI is InChI=1S/C27H37N5O9/c1-17(2)25(27(40)28-14-21(34)29-19-9-7-18(8-10-19)16-41-4)31-26(39)20(11-12-24(37)38)30-22(35)15-32(3)23(36)6-5-13-33/h5-10,13,17,20,25H,11-12,14-16H2,1-4H3,(H,28,40)(H,29,34)(H,30,35)(H,31,39)(H,37,38)/b6-5-. The number of nitrogens with one attached hydrogen (secondary N) is 4. The van der Waals surface area contributed by atoms with Crippen LogP contribution in [-0.2, 0) is 44.9 Å². The Labute approximate surface area is 237 Å². The highest BCUT2D eigenvalue weighted by molar-refractivity contribution is 5.97. The lowest BCUT2D eigenvalue weighted by atomic mass is 10.0. The van der Waals surface area contributed by atoms with Gasteiger partial charge in [0.25, 0.3) is 0 Å². The van der Waals surface area contributed by atoms with Crippen molar-refractivity contribution in [3.8, 4) is 0 Å². The Morgan fingerprint density at radius 1 is 1.00 bits per heavy atom. The maximum atomic E-state index is 13.0. The van der Waals surface area contributed by atoms with Crippen LogP contribution in [-0.4, -0.2) is 91.1 Å². The number of aliphatic carboxylic acids is 1. The summed E-state index contributed by atoms with van der Waals surface area (Å²) in [6, 6.07) is 4.50. The molecule has 0 aliphatic heterocycles. The average Bonchev–Trinajstić information content (AvgIpc) is 2.91. The van der Waals surface area contributed by atoms with Gasteiger partial charge in [0.1, 0.15) is 18.4 Å². The molecule has 2 atom stereocenters. The summed E-state index contributed by atoms with van der Waals surface area (Å²) in [5.74, 6) is -5.01. The molecule has 41 heavy (non-hydrogen) atoms. The minimum absolute atomic E-state index is 0.284. The second-order valence-corrected chi connectivity index (χ2v) is 9.37. The van der Waals surface area contributed by atoms with Crippen molar-refractivity contribution in [1.82, 2.24) is 20.9 Å². The summed E-state index contributed by atoms with van der Waals surface area (Å²) in [6.45, 7) is 2.88. The number of likely N-dealkylation sites (N-methyl/N-ethyl adjacent to an activating group) is 1. The van der Waals surface area contributed by atoms with Gasteiger partial charge in [-0.3, -0.25) is 33.6 Å². The van der Waals surface area contributed by atoms with Crippen LogP contribution in [0.1, 0.15) is 32.3 Å². The molecule has 14 nitrogen and oxygen atoms in total. The molecule has 0 bridgehead atoms. The second kappa shape index (κ2) is 17.9. The highest BCUT2D eigenvalue weighted by atomic mass is 16.5. The number of benzene rings is 1. The number of hydrogen-bond donors (Lipinski definition) is 5. The first-order chi connectivity index (χ1) is 19.4. The molecule has 224 valence electrons. The summed E-state index contributed by atoms with van der Waals surface area (Å²) in [7, 11) is 2.87. The van der Waals surface area contributed by atoms with E-state index in [0.717, 1.165) is 22.6 Å². The summed E-state index contributed by atoms with van der Waals surface area (Å²) in [4.78, 5) is 85.0. The number of nitrogens with zero attached hydrogens (tertiary/aromatic N) is 1. The molecule has 0 spiro atoms. The Hall–Kier alpha value is -4.59. The van der Waals surface area contributed by atoms with Crippen LogP contribution in [0.25, 0.3) is 0 Å². The fraction of sp³-hybridized carbons (Fsp3) is 0.444. The third-order valence-corrected chi connectivity index (χ3v) is 5.59. The predicted octanol–water partition coefficient (Wildman–Crippen LogP) is -0.408. The number of carboxylic acids is 1. The lowest BCUT2D eigenvalue weighted by Gasteiger charge is -2.25. The van der Waals surface area contributed by atoms with Crippen molar-refractivity contribution in [2.24, 2.45) is 5.92 Å². The molecule has 0 saturated carbocycles. The Morgan fingerprint density at radius 2 is 1.66 bits per heavy atom. The number of methoxy groups -OCH3 is 1. The van der Waals surface area contributed by atoms with E-state index < -0.39 is 66.5 Å². The molecule has 2 unspecified atom stereocenters. The average molecular weight is 576 g/mol. The molecule has 0 aromatic heterocycles. The van der Waals surface area contributed by atoms with E-state index in [1.54, 1.807) is 45.2 Å². The number of anilines is 1. The molecule has 0 saturated heterocycles. The van der Waals surface area contributed by atoms with Gasteiger partial charge in [-0.2, -0.15) is 0 Å². The van der Waals surface area contributed by atoms with Crippen LogP contribution in [0.3, 0.4) is 0 Å². The zero-order valence-corrected chi connectivity index (χ0v) is 23.5. The number of carboxylic acid groups (broad SMARTS) is 1. The molecule has 0 aliphatic carbocycles. The van der Waals surface area contributed by atoms with E-state index in [4.69, 9.17) is 9.84 Å². The van der Waals surface area contributed by atoms with Gasteiger partial charge in [0, 0.05) is 32.3 Å². The van der Waals surface area contributed by atoms with Crippen molar-refractivity contribution in [2.75, 3.05) is 32.6 Å². The number of aldehydes is 1. The van der Waals surface area contributed by atoms with Gasteiger partial charge < -0.3 is 36.0 Å². The number of rotatable bonds is 17. The van der Waals surface area contributed by atoms with E-state index in [0.29, 0.717) is 18.6 Å². The van der Waals surface area contributed by atoms with Crippen molar-refractivity contribution in [1.29, 1.82) is 0 Å². The molecule has 5 N–H and O–H groups in total. The normalized spacial score (nSPS) is 12.2. The Kier molecular flexibility index (Phi) is 15.0. The van der Waals surface area contributed by atoms with Crippen molar-refractivity contribution in [2.45, 2.75) is 45.4 Å². The van der Waals surface area contributed by atoms with Gasteiger partial charge in [-0.1, -0.05) is 26.0 Å². The minimum Gasteiger partial charge on any atom is -0.481 e. The minimum atomic E-state index is -1.33. The highest BCUT2D eigenvalue weighted by Crippen LogP contribution is 2.10. The molecule has 1 rings (SSSR count). The van der Waals surface area contributed by atoms with Gasteiger partial charge in [0.05, 0.1) is 19.7 Å².